The summed E-state index contributed by atoms with van der Waals surface area (Å²) >= 11 is 0. The van der Waals surface area contributed by atoms with E-state index in [1.165, 1.54) is 16.0 Å². The summed E-state index contributed by atoms with van der Waals surface area (Å²) < 4.78 is 24.7. The van der Waals surface area contributed by atoms with E-state index in [4.69, 9.17) is 18.9 Å². The second-order valence-electron chi connectivity index (χ2n) is 14.3. The fourth-order valence-electron chi connectivity index (χ4n) is 7.93. The zero-order valence-corrected chi connectivity index (χ0v) is 30.7. The van der Waals surface area contributed by atoms with Crippen LogP contribution in [0.1, 0.15) is 73.4 Å². The summed E-state index contributed by atoms with van der Waals surface area (Å²) in [4.78, 5) is 29.8. The number of aliphatic hydroxyl groups excluding tert-OH is 1. The molecule has 5 aromatic rings. The summed E-state index contributed by atoms with van der Waals surface area (Å²) in [6.45, 7) is 4.79. The third-order valence-corrected chi connectivity index (χ3v) is 11.0. The maximum absolute atomic E-state index is 13.0. The van der Waals surface area contributed by atoms with Gasteiger partial charge in [0.1, 0.15) is 0 Å². The van der Waals surface area contributed by atoms with Crippen molar-refractivity contribution < 1.29 is 33.6 Å². The van der Waals surface area contributed by atoms with E-state index < -0.39 is 6.29 Å². The maximum Gasteiger partial charge on any atom is 0.261 e. The average Bonchev–Trinajstić information content (AvgIpc) is 3.45. The molecule has 1 saturated heterocycles. The van der Waals surface area contributed by atoms with Crippen molar-refractivity contribution in [2.45, 2.75) is 51.5 Å². The molecular formula is C45H44N2O7. The first-order valence-corrected chi connectivity index (χ1v) is 18.4. The number of methoxy groups -OCH3 is 2. The van der Waals surface area contributed by atoms with E-state index >= 15 is 0 Å². The number of amides is 2. The fourth-order valence-corrected chi connectivity index (χ4v) is 7.93. The summed E-state index contributed by atoms with van der Waals surface area (Å²) in [5.74, 6) is 1.01. The number of carbonyl (C=O) groups is 2. The minimum absolute atomic E-state index is 0.0131. The smallest absolute Gasteiger partial charge is 0.261 e. The normalized spacial score (nSPS) is 21.1. The number of hydrogen-bond donors (Lipinski definition) is 1. The molecule has 0 unspecified atom stereocenters. The predicted octanol–water partition coefficient (Wildman–Crippen LogP) is 7.51. The van der Waals surface area contributed by atoms with Crippen LogP contribution in [0.3, 0.4) is 0 Å². The highest BCUT2D eigenvalue weighted by atomic mass is 16.7. The SMILES string of the molecule is COc1cc2c(cc1OC)CN(C[C@@H]1O[C@H](c3ccc(-c4cccc(CN5C(=O)c6ccccc6C5=O)c4)cc3)O[C@H](c3ccc(CO)cc3)[C@@H]1C)CC2. The van der Waals surface area contributed by atoms with Crippen molar-refractivity contribution in [2.24, 2.45) is 5.92 Å². The highest BCUT2D eigenvalue weighted by Gasteiger charge is 2.40. The molecule has 3 aliphatic heterocycles. The van der Waals surface area contributed by atoms with Crippen molar-refractivity contribution in [3.8, 4) is 22.6 Å². The zero-order valence-electron chi connectivity index (χ0n) is 30.7. The van der Waals surface area contributed by atoms with Crippen LogP contribution in [0.5, 0.6) is 11.5 Å². The standard InChI is InChI=1S/C45H44N2O7/c1-28-41(26-46-20-19-35-22-39(51-2)40(52-3)23-36(35)25-46)53-45(54-42(28)32-13-11-29(27-48)12-14-32)33-17-15-31(16-18-33)34-8-6-7-30(21-34)24-47-43(49)37-9-4-5-10-38(37)44(47)50/h4-18,21-23,28,41-42,45,48H,19-20,24-27H2,1-3H3/t28-,41+,42+,45+/m1/s1. The van der Waals surface area contributed by atoms with Gasteiger partial charge < -0.3 is 24.1 Å². The van der Waals surface area contributed by atoms with Crippen LogP contribution in [0.25, 0.3) is 11.1 Å². The largest absolute Gasteiger partial charge is 0.493 e. The van der Waals surface area contributed by atoms with Crippen molar-refractivity contribution in [2.75, 3.05) is 27.3 Å². The van der Waals surface area contributed by atoms with Gasteiger partial charge in [-0.05, 0) is 75.7 Å². The van der Waals surface area contributed by atoms with E-state index in [9.17, 15) is 14.7 Å². The first kappa shape index (κ1) is 35.7. The van der Waals surface area contributed by atoms with Gasteiger partial charge >= 0.3 is 0 Å². The van der Waals surface area contributed by atoms with Gasteiger partial charge in [0.05, 0.1) is 50.7 Å². The van der Waals surface area contributed by atoms with Crippen LogP contribution in [-0.2, 0) is 35.6 Å². The molecule has 4 atom stereocenters. The molecule has 0 radical (unpaired) electrons. The van der Waals surface area contributed by atoms with Crippen molar-refractivity contribution in [1.82, 2.24) is 9.80 Å². The molecule has 54 heavy (non-hydrogen) atoms. The Bertz CT molecular complexity index is 2130. The van der Waals surface area contributed by atoms with Gasteiger partial charge in [0.25, 0.3) is 11.8 Å². The number of imide groups is 1. The molecule has 5 aromatic carbocycles. The van der Waals surface area contributed by atoms with E-state index in [2.05, 4.69) is 36.1 Å². The van der Waals surface area contributed by atoms with Crippen molar-refractivity contribution in [1.29, 1.82) is 0 Å². The molecule has 0 saturated carbocycles. The number of rotatable bonds is 10. The molecule has 0 spiro atoms. The van der Waals surface area contributed by atoms with Gasteiger partial charge in [0.15, 0.2) is 17.8 Å². The van der Waals surface area contributed by atoms with E-state index in [-0.39, 0.29) is 43.1 Å². The van der Waals surface area contributed by atoms with Crippen LogP contribution in [-0.4, -0.2) is 60.1 Å². The highest BCUT2D eigenvalue weighted by molar-refractivity contribution is 6.21. The van der Waals surface area contributed by atoms with Gasteiger partial charge in [-0.3, -0.25) is 19.4 Å². The number of carbonyl (C=O) groups excluding carboxylic acids is 2. The van der Waals surface area contributed by atoms with E-state index in [1.54, 1.807) is 38.5 Å². The Morgan fingerprint density at radius 1 is 0.722 bits per heavy atom. The first-order chi connectivity index (χ1) is 26.3. The molecule has 2 amide bonds. The summed E-state index contributed by atoms with van der Waals surface area (Å²) in [6, 6.07) is 35.3. The second-order valence-corrected chi connectivity index (χ2v) is 14.3. The van der Waals surface area contributed by atoms with E-state index in [0.29, 0.717) is 11.1 Å². The van der Waals surface area contributed by atoms with Gasteiger partial charge in [0.2, 0.25) is 0 Å². The van der Waals surface area contributed by atoms with E-state index in [0.717, 1.165) is 70.9 Å². The molecule has 276 valence electrons. The number of aliphatic hydroxyl groups is 1. The molecule has 9 nitrogen and oxygen atoms in total. The molecule has 0 bridgehead atoms. The Labute approximate surface area is 315 Å². The molecule has 1 N–H and O–H groups in total. The van der Waals surface area contributed by atoms with Crippen molar-refractivity contribution in [3.05, 3.63) is 154 Å². The van der Waals surface area contributed by atoms with Gasteiger partial charge in [-0.25, -0.2) is 0 Å². The number of benzene rings is 5. The second kappa shape index (κ2) is 15.2. The number of nitrogens with zero attached hydrogens (tertiary/aromatic N) is 2. The van der Waals surface area contributed by atoms with Gasteiger partial charge in [-0.15, -0.1) is 0 Å². The maximum atomic E-state index is 13.0. The summed E-state index contributed by atoms with van der Waals surface area (Å²) in [7, 11) is 3.34. The Balaban J connectivity index is 1.01. The molecule has 9 heteroatoms. The lowest BCUT2D eigenvalue weighted by molar-refractivity contribution is -0.276. The first-order valence-electron chi connectivity index (χ1n) is 18.4. The topological polar surface area (TPSA) is 97.8 Å². The lowest BCUT2D eigenvalue weighted by Crippen LogP contribution is -2.45. The third-order valence-electron chi connectivity index (χ3n) is 11.0. The van der Waals surface area contributed by atoms with Gasteiger partial charge in [-0.1, -0.05) is 85.8 Å². The van der Waals surface area contributed by atoms with Crippen LogP contribution in [0.2, 0.25) is 0 Å². The zero-order chi connectivity index (χ0) is 37.3. The summed E-state index contributed by atoms with van der Waals surface area (Å²) in [5, 5.41) is 9.68. The molecule has 3 heterocycles. The lowest BCUT2D eigenvalue weighted by Gasteiger charge is -2.43. The van der Waals surface area contributed by atoms with Crippen LogP contribution in [0.4, 0.5) is 0 Å². The molecule has 0 aromatic heterocycles. The van der Waals surface area contributed by atoms with Crippen molar-refractivity contribution >= 4 is 11.8 Å². The van der Waals surface area contributed by atoms with Crippen LogP contribution < -0.4 is 9.47 Å². The molecular weight excluding hydrogens is 681 g/mol. The van der Waals surface area contributed by atoms with Crippen LogP contribution in [0, 0.1) is 5.92 Å². The predicted molar refractivity (Wildman–Crippen MR) is 204 cm³/mol. The highest BCUT2D eigenvalue weighted by Crippen LogP contribution is 2.43. The number of ether oxygens (including phenoxy) is 4. The summed E-state index contributed by atoms with van der Waals surface area (Å²) in [6.07, 6.45) is -0.0266. The molecule has 8 rings (SSSR count). The Morgan fingerprint density at radius 3 is 2.06 bits per heavy atom. The monoisotopic (exact) mass is 724 g/mol. The Kier molecular flexibility index (Phi) is 10.0. The minimum Gasteiger partial charge on any atom is -0.493 e. The number of hydrogen-bond acceptors (Lipinski definition) is 8. The average molecular weight is 725 g/mol. The van der Waals surface area contributed by atoms with Crippen LogP contribution >= 0.6 is 0 Å². The Morgan fingerprint density at radius 2 is 1.39 bits per heavy atom. The lowest BCUT2D eigenvalue weighted by atomic mass is 9.89. The van der Waals surface area contributed by atoms with Crippen LogP contribution in [0.15, 0.2) is 109 Å². The van der Waals surface area contributed by atoms with E-state index in [1.807, 2.05) is 60.7 Å². The third kappa shape index (κ3) is 6.92. The Hall–Kier alpha value is -5.32. The number of fused-ring (bicyclic) bond motifs is 2. The fraction of sp³-hybridized carbons (Fsp3) is 0.289. The molecule has 3 aliphatic rings. The molecule has 1 fully saturated rings. The molecule has 0 aliphatic carbocycles. The minimum atomic E-state index is -0.593. The van der Waals surface area contributed by atoms with Gasteiger partial charge in [0, 0.05) is 31.1 Å². The summed E-state index contributed by atoms with van der Waals surface area (Å²) in [5.41, 5.74) is 9.07. The quantitative estimate of drug-likeness (QED) is 0.148. The van der Waals surface area contributed by atoms with Crippen molar-refractivity contribution in [3.63, 3.8) is 0 Å². The van der Waals surface area contributed by atoms with Gasteiger partial charge in [-0.2, -0.15) is 0 Å².